The number of amides is 2. The van der Waals surface area contributed by atoms with Crippen molar-refractivity contribution >= 4 is 29.1 Å². The molecule has 2 heterocycles. The lowest BCUT2D eigenvalue weighted by molar-refractivity contribution is 0.0908. The van der Waals surface area contributed by atoms with E-state index >= 15 is 0 Å². The van der Waals surface area contributed by atoms with E-state index in [1.54, 1.807) is 35.0 Å². The molecule has 218 valence electrons. The highest BCUT2D eigenvalue weighted by Gasteiger charge is 2.26. The highest BCUT2D eigenvalue weighted by Crippen LogP contribution is 2.30. The first-order valence-corrected chi connectivity index (χ1v) is 14.5. The Bertz CT molecular complexity index is 1560. The number of anilines is 1. The number of likely N-dealkylation sites (tertiary alicyclic amines) is 1. The fourth-order valence-electron chi connectivity index (χ4n) is 5.22. The van der Waals surface area contributed by atoms with Crippen molar-refractivity contribution in [2.45, 2.75) is 51.7 Å². The minimum absolute atomic E-state index is 0.0420. The van der Waals surface area contributed by atoms with Crippen LogP contribution in [0.2, 0.25) is 5.02 Å². The van der Waals surface area contributed by atoms with Gasteiger partial charge in [0.05, 0.1) is 33.6 Å². The number of nitrogens with zero attached hydrogens (tertiary/aromatic N) is 3. The van der Waals surface area contributed by atoms with Gasteiger partial charge in [-0.15, -0.1) is 0 Å². The van der Waals surface area contributed by atoms with Crippen molar-refractivity contribution in [3.63, 3.8) is 0 Å². The van der Waals surface area contributed by atoms with E-state index in [-0.39, 0.29) is 17.8 Å². The number of nitrogens with one attached hydrogen (secondary N) is 2. The Morgan fingerprint density at radius 1 is 0.952 bits per heavy atom. The molecule has 7 nitrogen and oxygen atoms in total. The quantitative estimate of drug-likeness (QED) is 0.251. The van der Waals surface area contributed by atoms with E-state index in [9.17, 15) is 14.0 Å². The molecule has 0 unspecified atom stereocenters. The third kappa shape index (κ3) is 6.89. The molecule has 2 amide bonds. The number of benzene rings is 3. The minimum atomic E-state index is -0.425. The first kappa shape index (κ1) is 29.5. The second kappa shape index (κ2) is 12.5. The second-order valence-corrected chi connectivity index (χ2v) is 12.1. The molecule has 1 aliphatic heterocycles. The van der Waals surface area contributed by atoms with Gasteiger partial charge in [0.25, 0.3) is 11.8 Å². The van der Waals surface area contributed by atoms with Crippen molar-refractivity contribution in [3.8, 4) is 11.3 Å². The van der Waals surface area contributed by atoms with E-state index in [1.807, 2.05) is 39.0 Å². The summed E-state index contributed by atoms with van der Waals surface area (Å²) in [4.78, 5) is 29.1. The minimum Gasteiger partial charge on any atom is -0.349 e. The zero-order valence-electron chi connectivity index (χ0n) is 24.0. The monoisotopic (exact) mass is 587 g/mol. The predicted molar refractivity (Wildman–Crippen MR) is 164 cm³/mol. The highest BCUT2D eigenvalue weighted by molar-refractivity contribution is 6.34. The average Bonchev–Trinajstić information content (AvgIpc) is 3.42. The molecule has 0 radical (unpaired) electrons. The molecule has 3 aromatic carbocycles. The summed E-state index contributed by atoms with van der Waals surface area (Å²) in [5.41, 5.74) is 3.16. The fourth-order valence-corrected chi connectivity index (χ4v) is 5.43. The SMILES string of the molecule is CC(C)(C)n1ncc(C(=O)Nc2ccc(Cl)c(C(=O)NC3CCN(Cc4ccccc4)CC3)c2)c1-c1ccc(F)cc1. The number of carbonyl (C=O) groups is 2. The molecular weight excluding hydrogens is 553 g/mol. The van der Waals surface area contributed by atoms with Crippen LogP contribution < -0.4 is 10.6 Å². The third-order valence-electron chi connectivity index (χ3n) is 7.41. The smallest absolute Gasteiger partial charge is 0.259 e. The lowest BCUT2D eigenvalue weighted by Crippen LogP contribution is -2.44. The first-order chi connectivity index (χ1) is 20.1. The summed E-state index contributed by atoms with van der Waals surface area (Å²) >= 11 is 6.42. The van der Waals surface area contributed by atoms with E-state index in [2.05, 4.69) is 32.8 Å². The standard InChI is InChI=1S/C33H35ClFN5O2/c1-33(2,3)40-30(23-9-11-24(35)12-10-23)28(20-36-40)32(42)38-26-13-14-29(34)27(19-26)31(41)37-25-15-17-39(18-16-25)21-22-7-5-4-6-8-22/h4-14,19-20,25H,15-18,21H2,1-3H3,(H,37,41)(H,38,42). The Kier molecular flexibility index (Phi) is 8.75. The molecule has 0 atom stereocenters. The van der Waals surface area contributed by atoms with Crippen LogP contribution in [0.4, 0.5) is 10.1 Å². The van der Waals surface area contributed by atoms with Gasteiger partial charge in [-0.1, -0.05) is 41.9 Å². The van der Waals surface area contributed by atoms with E-state index in [0.29, 0.717) is 33.1 Å². The molecule has 0 spiro atoms. The molecule has 0 saturated carbocycles. The fraction of sp³-hybridized carbons (Fsp3) is 0.303. The molecule has 9 heteroatoms. The van der Waals surface area contributed by atoms with Gasteiger partial charge >= 0.3 is 0 Å². The van der Waals surface area contributed by atoms with Crippen LogP contribution in [0, 0.1) is 5.82 Å². The molecule has 1 fully saturated rings. The maximum Gasteiger partial charge on any atom is 0.259 e. The molecule has 1 saturated heterocycles. The Morgan fingerprint density at radius 2 is 1.64 bits per heavy atom. The van der Waals surface area contributed by atoms with Gasteiger partial charge in [0, 0.05) is 36.9 Å². The largest absolute Gasteiger partial charge is 0.349 e. The van der Waals surface area contributed by atoms with Gasteiger partial charge in [-0.25, -0.2) is 4.39 Å². The first-order valence-electron chi connectivity index (χ1n) is 14.1. The molecule has 2 N–H and O–H groups in total. The number of aromatic nitrogens is 2. The summed E-state index contributed by atoms with van der Waals surface area (Å²) in [6.45, 7) is 8.61. The zero-order chi connectivity index (χ0) is 29.9. The molecule has 0 aliphatic carbocycles. The summed E-state index contributed by atoms with van der Waals surface area (Å²) in [6, 6.07) is 21.2. The number of hydrogen-bond acceptors (Lipinski definition) is 4. The normalized spacial score (nSPS) is 14.5. The Hall–Kier alpha value is -4.01. The summed E-state index contributed by atoms with van der Waals surface area (Å²) < 4.78 is 15.4. The van der Waals surface area contributed by atoms with E-state index in [1.165, 1.54) is 23.9 Å². The third-order valence-corrected chi connectivity index (χ3v) is 7.74. The van der Waals surface area contributed by atoms with Gasteiger partial charge in [-0.05, 0) is 81.6 Å². The van der Waals surface area contributed by atoms with Crippen molar-refractivity contribution in [2.75, 3.05) is 18.4 Å². The van der Waals surface area contributed by atoms with Crippen LogP contribution in [0.25, 0.3) is 11.3 Å². The topological polar surface area (TPSA) is 79.3 Å². The van der Waals surface area contributed by atoms with Crippen LogP contribution in [0.15, 0.2) is 79.0 Å². The Balaban J connectivity index is 1.27. The maximum absolute atomic E-state index is 13.6. The summed E-state index contributed by atoms with van der Waals surface area (Å²) in [6.07, 6.45) is 3.19. The van der Waals surface area contributed by atoms with Crippen molar-refractivity contribution in [3.05, 3.63) is 107 Å². The van der Waals surface area contributed by atoms with Gasteiger partial charge in [-0.2, -0.15) is 5.10 Å². The lowest BCUT2D eigenvalue weighted by atomic mass is 10.0. The van der Waals surface area contributed by atoms with Gasteiger partial charge in [0.2, 0.25) is 0 Å². The molecule has 42 heavy (non-hydrogen) atoms. The van der Waals surface area contributed by atoms with Gasteiger partial charge < -0.3 is 10.6 Å². The zero-order valence-corrected chi connectivity index (χ0v) is 24.8. The molecule has 5 rings (SSSR count). The number of rotatable bonds is 7. The van der Waals surface area contributed by atoms with Crippen LogP contribution in [0.3, 0.4) is 0 Å². The molecule has 4 aromatic rings. The van der Waals surface area contributed by atoms with E-state index in [4.69, 9.17) is 11.6 Å². The number of carbonyl (C=O) groups excluding carboxylic acids is 2. The molecule has 1 aromatic heterocycles. The average molecular weight is 588 g/mol. The van der Waals surface area contributed by atoms with Crippen LogP contribution in [0.1, 0.15) is 59.9 Å². The predicted octanol–water partition coefficient (Wildman–Crippen LogP) is 6.74. The Labute approximate surface area is 250 Å². The van der Waals surface area contributed by atoms with Crippen molar-refractivity contribution < 1.29 is 14.0 Å². The van der Waals surface area contributed by atoms with E-state index in [0.717, 1.165) is 32.5 Å². The van der Waals surface area contributed by atoms with Crippen molar-refractivity contribution in [2.24, 2.45) is 0 Å². The van der Waals surface area contributed by atoms with Gasteiger partial charge in [-0.3, -0.25) is 19.2 Å². The highest BCUT2D eigenvalue weighted by atomic mass is 35.5. The number of halogens is 2. The van der Waals surface area contributed by atoms with Crippen LogP contribution in [-0.4, -0.2) is 45.6 Å². The summed E-state index contributed by atoms with van der Waals surface area (Å²) in [5, 5.41) is 10.8. The Morgan fingerprint density at radius 3 is 2.31 bits per heavy atom. The number of hydrogen-bond donors (Lipinski definition) is 2. The summed E-state index contributed by atoms with van der Waals surface area (Å²) in [7, 11) is 0. The van der Waals surface area contributed by atoms with Crippen LogP contribution in [-0.2, 0) is 12.1 Å². The van der Waals surface area contributed by atoms with Gasteiger partial charge in [0.15, 0.2) is 0 Å². The summed E-state index contributed by atoms with van der Waals surface area (Å²) in [5.74, 6) is -1.04. The van der Waals surface area contributed by atoms with Crippen molar-refractivity contribution in [1.82, 2.24) is 20.0 Å². The second-order valence-electron chi connectivity index (χ2n) is 11.7. The molecule has 0 bridgehead atoms. The van der Waals surface area contributed by atoms with Crippen LogP contribution >= 0.6 is 11.6 Å². The lowest BCUT2D eigenvalue weighted by Gasteiger charge is -2.32. The molecule has 1 aliphatic rings. The van der Waals surface area contributed by atoms with Crippen molar-refractivity contribution in [1.29, 1.82) is 0 Å². The molecular formula is C33H35ClFN5O2. The number of piperidine rings is 1. The van der Waals surface area contributed by atoms with Crippen LogP contribution in [0.5, 0.6) is 0 Å². The van der Waals surface area contributed by atoms with E-state index < -0.39 is 11.4 Å². The maximum atomic E-state index is 13.6. The van der Waals surface area contributed by atoms with Gasteiger partial charge in [0.1, 0.15) is 5.82 Å².